The van der Waals surface area contributed by atoms with E-state index in [1.54, 1.807) is 61.7 Å². The Morgan fingerprint density at radius 2 is 1.62 bits per heavy atom. The molecule has 0 aliphatic heterocycles. The van der Waals surface area contributed by atoms with Crippen LogP contribution in [-0.4, -0.2) is 43.3 Å². The van der Waals surface area contributed by atoms with Gasteiger partial charge in [0.15, 0.2) is 0 Å². The summed E-state index contributed by atoms with van der Waals surface area (Å²) in [7, 11) is 1.59. The maximum absolute atomic E-state index is 12.8. The van der Waals surface area contributed by atoms with Crippen LogP contribution in [0.2, 0.25) is 0 Å². The first kappa shape index (κ1) is 31.7. The molecule has 0 spiro atoms. The van der Waals surface area contributed by atoms with E-state index in [9.17, 15) is 19.5 Å². The molecule has 1 atom stereocenters. The van der Waals surface area contributed by atoms with Crippen LogP contribution in [0.1, 0.15) is 70.6 Å². The Kier molecular flexibility index (Phi) is 11.9. The number of methoxy groups -OCH3 is 1. The summed E-state index contributed by atoms with van der Waals surface area (Å²) in [6.07, 6.45) is 4.88. The highest BCUT2D eigenvalue weighted by atomic mass is 16.5. The molecule has 1 unspecified atom stereocenters. The Bertz CT molecular complexity index is 1380. The predicted molar refractivity (Wildman–Crippen MR) is 159 cm³/mol. The number of unbranched alkanes of at least 4 members (excludes halogenated alkanes) is 2. The summed E-state index contributed by atoms with van der Waals surface area (Å²) < 4.78 is 21.6. The summed E-state index contributed by atoms with van der Waals surface area (Å²) in [6, 6.07) is 15.9. The second-order valence-corrected chi connectivity index (χ2v) is 9.46. The van der Waals surface area contributed by atoms with E-state index >= 15 is 0 Å². The molecule has 0 aliphatic carbocycles. The molecule has 222 valence electrons. The van der Waals surface area contributed by atoms with Crippen molar-refractivity contribution < 1.29 is 38.4 Å². The van der Waals surface area contributed by atoms with Gasteiger partial charge in [-0.1, -0.05) is 31.9 Å². The Balaban J connectivity index is 1.64. The van der Waals surface area contributed by atoms with E-state index in [0.29, 0.717) is 48.7 Å². The predicted octanol–water partition coefficient (Wildman–Crippen LogP) is 5.67. The minimum atomic E-state index is -1.21. The second-order valence-electron chi connectivity index (χ2n) is 9.46. The summed E-state index contributed by atoms with van der Waals surface area (Å²) in [6.45, 7) is 2.90. The zero-order chi connectivity index (χ0) is 30.5. The number of ether oxygens (including phenoxy) is 4. The number of carboxylic acid groups (broad SMARTS) is 1. The lowest BCUT2D eigenvalue weighted by Crippen LogP contribution is -2.16. The van der Waals surface area contributed by atoms with E-state index in [1.165, 1.54) is 18.2 Å². The molecule has 3 aromatic rings. The molecule has 0 saturated heterocycles. The maximum atomic E-state index is 12.8. The first-order valence-corrected chi connectivity index (χ1v) is 13.6. The number of carboxylic acids is 1. The molecule has 0 fully saturated rings. The number of anilines is 2. The largest absolute Gasteiger partial charge is 0.491 e. The van der Waals surface area contributed by atoms with Crippen molar-refractivity contribution in [2.75, 3.05) is 31.8 Å². The molecule has 0 amide bonds. The SMILES string of the molecule is CCCCCC(OC(=O)/C=C/c1ccc(OC(=O)c2ccc(OCCOC)cc2)cc1)c1c(N)cc(N)cc1C(=O)O. The third kappa shape index (κ3) is 9.38. The fourth-order valence-electron chi connectivity index (χ4n) is 4.16. The highest BCUT2D eigenvalue weighted by Crippen LogP contribution is 2.34. The van der Waals surface area contributed by atoms with E-state index in [-0.39, 0.29) is 22.5 Å². The number of esters is 2. The number of aromatic carboxylic acids is 1. The number of benzene rings is 3. The van der Waals surface area contributed by atoms with Gasteiger partial charge in [-0.3, -0.25) is 0 Å². The number of nitrogen functional groups attached to an aromatic ring is 2. The van der Waals surface area contributed by atoms with E-state index in [0.717, 1.165) is 12.8 Å². The van der Waals surface area contributed by atoms with E-state index in [1.807, 2.05) is 6.92 Å². The van der Waals surface area contributed by atoms with Gasteiger partial charge in [0.1, 0.15) is 24.2 Å². The van der Waals surface area contributed by atoms with Crippen LogP contribution in [0.5, 0.6) is 11.5 Å². The topological polar surface area (TPSA) is 160 Å². The second kappa shape index (κ2) is 15.8. The third-order valence-corrected chi connectivity index (χ3v) is 6.26. The molecule has 0 saturated carbocycles. The number of carbonyl (C=O) groups excluding carboxylic acids is 2. The van der Waals surface area contributed by atoms with Gasteiger partial charge in [-0.15, -0.1) is 0 Å². The third-order valence-electron chi connectivity index (χ3n) is 6.26. The molecule has 10 heteroatoms. The number of hydrogen-bond donors (Lipinski definition) is 3. The lowest BCUT2D eigenvalue weighted by atomic mass is 9.95. The average Bonchev–Trinajstić information content (AvgIpc) is 2.96. The standard InChI is InChI=1S/C32H36N2O8/c1-3-4-5-6-28(30-26(31(36)37)19-23(33)20-27(30)34)42-29(35)16-9-21-7-12-25(13-8-21)41-32(38)22-10-14-24(15-11-22)40-18-17-39-2/h7-16,19-20,28H,3-6,17-18,33-34H2,1-2H3,(H,36,37)/b16-9+. The molecule has 42 heavy (non-hydrogen) atoms. The molecule has 3 rings (SSSR count). The lowest BCUT2D eigenvalue weighted by molar-refractivity contribution is -0.143. The van der Waals surface area contributed by atoms with Gasteiger partial charge in [-0.05, 0) is 73.0 Å². The Labute approximate surface area is 244 Å². The molecule has 0 aromatic heterocycles. The smallest absolute Gasteiger partial charge is 0.343 e. The zero-order valence-electron chi connectivity index (χ0n) is 23.7. The van der Waals surface area contributed by atoms with Crippen molar-refractivity contribution in [1.82, 2.24) is 0 Å². The molecular formula is C32H36N2O8. The van der Waals surface area contributed by atoms with Gasteiger partial charge < -0.3 is 35.5 Å². The normalized spacial score (nSPS) is 11.7. The van der Waals surface area contributed by atoms with Gasteiger partial charge in [0.25, 0.3) is 0 Å². The molecule has 0 radical (unpaired) electrons. The molecule has 0 bridgehead atoms. The first-order valence-electron chi connectivity index (χ1n) is 13.6. The molecule has 3 aromatic carbocycles. The van der Waals surface area contributed by atoms with E-state index in [2.05, 4.69) is 0 Å². The van der Waals surface area contributed by atoms with Gasteiger partial charge >= 0.3 is 17.9 Å². The van der Waals surface area contributed by atoms with Crippen molar-refractivity contribution in [1.29, 1.82) is 0 Å². The van der Waals surface area contributed by atoms with Crippen molar-refractivity contribution in [3.8, 4) is 11.5 Å². The summed E-state index contributed by atoms with van der Waals surface area (Å²) in [5.41, 5.74) is 13.4. The van der Waals surface area contributed by atoms with Crippen LogP contribution < -0.4 is 20.9 Å². The van der Waals surface area contributed by atoms with Crippen molar-refractivity contribution in [2.24, 2.45) is 0 Å². The van der Waals surface area contributed by atoms with Crippen LogP contribution in [0.25, 0.3) is 6.08 Å². The summed E-state index contributed by atoms with van der Waals surface area (Å²) in [5.74, 6) is -1.45. The van der Waals surface area contributed by atoms with Crippen LogP contribution >= 0.6 is 0 Å². The monoisotopic (exact) mass is 576 g/mol. The van der Waals surface area contributed by atoms with Crippen LogP contribution in [-0.2, 0) is 14.3 Å². The van der Waals surface area contributed by atoms with E-state index < -0.39 is 24.0 Å². The summed E-state index contributed by atoms with van der Waals surface area (Å²) in [4.78, 5) is 37.1. The average molecular weight is 577 g/mol. The number of hydrogen-bond acceptors (Lipinski definition) is 9. The highest BCUT2D eigenvalue weighted by molar-refractivity contribution is 5.94. The van der Waals surface area contributed by atoms with Gasteiger partial charge in [0.05, 0.1) is 17.7 Å². The van der Waals surface area contributed by atoms with Gasteiger partial charge in [0.2, 0.25) is 0 Å². The quantitative estimate of drug-likeness (QED) is 0.0676. The van der Waals surface area contributed by atoms with Crippen LogP contribution in [0.15, 0.2) is 66.7 Å². The Hall–Kier alpha value is -4.83. The van der Waals surface area contributed by atoms with Crippen molar-refractivity contribution in [3.05, 3.63) is 89.0 Å². The van der Waals surface area contributed by atoms with Crippen molar-refractivity contribution >= 4 is 35.4 Å². The van der Waals surface area contributed by atoms with Crippen molar-refractivity contribution in [2.45, 2.75) is 38.7 Å². The van der Waals surface area contributed by atoms with Gasteiger partial charge in [-0.25, -0.2) is 14.4 Å². The number of nitrogens with two attached hydrogens (primary N) is 2. The van der Waals surface area contributed by atoms with Crippen molar-refractivity contribution in [3.63, 3.8) is 0 Å². The van der Waals surface area contributed by atoms with Gasteiger partial charge in [-0.2, -0.15) is 0 Å². The summed E-state index contributed by atoms with van der Waals surface area (Å²) in [5, 5.41) is 9.70. The summed E-state index contributed by atoms with van der Waals surface area (Å²) >= 11 is 0. The van der Waals surface area contributed by atoms with Crippen LogP contribution in [0, 0.1) is 0 Å². The van der Waals surface area contributed by atoms with Crippen LogP contribution in [0.4, 0.5) is 11.4 Å². The molecule has 10 nitrogen and oxygen atoms in total. The maximum Gasteiger partial charge on any atom is 0.343 e. The molecule has 0 aliphatic rings. The fraction of sp³-hybridized carbons (Fsp3) is 0.281. The first-order chi connectivity index (χ1) is 20.2. The fourth-order valence-corrected chi connectivity index (χ4v) is 4.16. The molecule has 5 N–H and O–H groups in total. The van der Waals surface area contributed by atoms with Gasteiger partial charge in [0, 0.05) is 30.1 Å². The zero-order valence-corrected chi connectivity index (χ0v) is 23.7. The molecular weight excluding hydrogens is 540 g/mol. The minimum absolute atomic E-state index is 0.0951. The minimum Gasteiger partial charge on any atom is -0.491 e. The lowest BCUT2D eigenvalue weighted by Gasteiger charge is -2.21. The highest BCUT2D eigenvalue weighted by Gasteiger charge is 2.25. The number of rotatable bonds is 15. The number of carbonyl (C=O) groups is 3. The Morgan fingerprint density at radius 1 is 0.929 bits per heavy atom. The van der Waals surface area contributed by atoms with E-state index in [4.69, 9.17) is 30.4 Å². The Morgan fingerprint density at radius 3 is 2.26 bits per heavy atom. The van der Waals surface area contributed by atoms with Crippen LogP contribution in [0.3, 0.4) is 0 Å². The molecule has 0 heterocycles.